The van der Waals surface area contributed by atoms with E-state index >= 15 is 0 Å². The lowest BCUT2D eigenvalue weighted by atomic mass is 10.1. The second-order valence-corrected chi connectivity index (χ2v) is 5.94. The third-order valence-corrected chi connectivity index (χ3v) is 3.46. The van der Waals surface area contributed by atoms with Crippen LogP contribution in [0.5, 0.6) is 0 Å². The zero-order valence-corrected chi connectivity index (χ0v) is 14.6. The van der Waals surface area contributed by atoms with Gasteiger partial charge >= 0.3 is 0 Å². The van der Waals surface area contributed by atoms with Crippen LogP contribution in [0.15, 0.2) is 35.3 Å². The van der Waals surface area contributed by atoms with Gasteiger partial charge in [-0.15, -0.1) is 0 Å². The first kappa shape index (κ1) is 19.0. The van der Waals surface area contributed by atoms with E-state index in [1.165, 1.54) is 12.8 Å². The first-order valence-electron chi connectivity index (χ1n) is 8.41. The quantitative estimate of drug-likeness (QED) is 0.372. The van der Waals surface area contributed by atoms with E-state index in [9.17, 15) is 4.79 Å². The SMILES string of the molecule is CN=C(NCCCCC(C)C)NCCNC(=O)c1ccccc1. The van der Waals surface area contributed by atoms with E-state index in [4.69, 9.17) is 0 Å². The molecule has 0 saturated carbocycles. The van der Waals surface area contributed by atoms with Gasteiger partial charge in [-0.25, -0.2) is 0 Å². The summed E-state index contributed by atoms with van der Waals surface area (Å²) in [5.74, 6) is 1.49. The molecule has 1 amide bonds. The number of aliphatic imine (C=N–C) groups is 1. The van der Waals surface area contributed by atoms with E-state index in [-0.39, 0.29) is 5.91 Å². The first-order valence-corrected chi connectivity index (χ1v) is 8.41. The lowest BCUT2D eigenvalue weighted by molar-refractivity contribution is 0.0954. The molecule has 1 aromatic carbocycles. The molecule has 128 valence electrons. The molecule has 1 rings (SSSR count). The van der Waals surface area contributed by atoms with Gasteiger partial charge in [0.25, 0.3) is 5.91 Å². The maximum atomic E-state index is 11.9. The number of nitrogens with one attached hydrogen (secondary N) is 3. The largest absolute Gasteiger partial charge is 0.356 e. The van der Waals surface area contributed by atoms with Crippen LogP contribution in [0.1, 0.15) is 43.5 Å². The number of amides is 1. The van der Waals surface area contributed by atoms with Crippen molar-refractivity contribution in [1.29, 1.82) is 0 Å². The highest BCUT2D eigenvalue weighted by molar-refractivity contribution is 5.94. The summed E-state index contributed by atoms with van der Waals surface area (Å²) in [6, 6.07) is 9.23. The van der Waals surface area contributed by atoms with Crippen molar-refractivity contribution in [1.82, 2.24) is 16.0 Å². The summed E-state index contributed by atoms with van der Waals surface area (Å²) in [7, 11) is 1.76. The molecule has 5 nitrogen and oxygen atoms in total. The Hall–Kier alpha value is -2.04. The Bertz CT molecular complexity index is 471. The van der Waals surface area contributed by atoms with Crippen molar-refractivity contribution < 1.29 is 4.79 Å². The Morgan fingerprint density at radius 3 is 2.30 bits per heavy atom. The topological polar surface area (TPSA) is 65.5 Å². The van der Waals surface area contributed by atoms with Crippen LogP contribution in [0.25, 0.3) is 0 Å². The molecule has 0 fully saturated rings. The number of hydrogen-bond acceptors (Lipinski definition) is 2. The molecule has 3 N–H and O–H groups in total. The van der Waals surface area contributed by atoms with E-state index < -0.39 is 0 Å². The standard InChI is InChI=1S/C18H30N4O/c1-15(2)9-7-8-12-21-18(19-3)22-14-13-20-17(23)16-10-5-4-6-11-16/h4-6,10-11,15H,7-9,12-14H2,1-3H3,(H,20,23)(H2,19,21,22). The maximum absolute atomic E-state index is 11.9. The van der Waals surface area contributed by atoms with Crippen LogP contribution < -0.4 is 16.0 Å². The minimum atomic E-state index is -0.0518. The molecule has 0 radical (unpaired) electrons. The highest BCUT2D eigenvalue weighted by Crippen LogP contribution is 2.04. The fourth-order valence-corrected chi connectivity index (χ4v) is 2.15. The minimum Gasteiger partial charge on any atom is -0.356 e. The molecule has 0 aliphatic carbocycles. The fraction of sp³-hybridized carbons (Fsp3) is 0.556. The highest BCUT2D eigenvalue weighted by atomic mass is 16.1. The Kier molecular flexibility index (Phi) is 9.52. The molecule has 0 unspecified atom stereocenters. The number of hydrogen-bond donors (Lipinski definition) is 3. The number of nitrogens with zero attached hydrogens (tertiary/aromatic N) is 1. The number of carbonyl (C=O) groups excluding carboxylic acids is 1. The minimum absolute atomic E-state index is 0.0518. The smallest absolute Gasteiger partial charge is 0.251 e. The van der Waals surface area contributed by atoms with Crippen LogP contribution in [0.4, 0.5) is 0 Å². The van der Waals surface area contributed by atoms with E-state index in [1.807, 2.05) is 18.2 Å². The number of carbonyl (C=O) groups is 1. The Balaban J connectivity index is 2.12. The van der Waals surface area contributed by atoms with Gasteiger partial charge in [0.05, 0.1) is 0 Å². The average Bonchev–Trinajstić information content (AvgIpc) is 2.56. The van der Waals surface area contributed by atoms with Crippen LogP contribution in [-0.4, -0.2) is 38.5 Å². The van der Waals surface area contributed by atoms with Crippen LogP contribution in [0.2, 0.25) is 0 Å². The third kappa shape index (κ3) is 8.86. The van der Waals surface area contributed by atoms with Crippen LogP contribution in [-0.2, 0) is 0 Å². The molecule has 0 bridgehead atoms. The Morgan fingerprint density at radius 2 is 1.65 bits per heavy atom. The van der Waals surface area contributed by atoms with Gasteiger partial charge in [-0.3, -0.25) is 9.79 Å². The summed E-state index contributed by atoms with van der Waals surface area (Å²) in [5.41, 5.74) is 0.681. The predicted octanol–water partition coefficient (Wildman–Crippen LogP) is 2.41. The summed E-state index contributed by atoms with van der Waals surface area (Å²) in [6.07, 6.45) is 3.64. The van der Waals surface area contributed by atoms with Crippen LogP contribution in [0, 0.1) is 5.92 Å². The number of rotatable bonds is 9. The van der Waals surface area contributed by atoms with E-state index in [2.05, 4.69) is 34.8 Å². The molecule has 5 heteroatoms. The van der Waals surface area contributed by atoms with Gasteiger partial charge in [0.2, 0.25) is 0 Å². The predicted molar refractivity (Wildman–Crippen MR) is 96.8 cm³/mol. The summed E-state index contributed by atoms with van der Waals surface area (Å²) in [6.45, 7) is 6.62. The van der Waals surface area contributed by atoms with Gasteiger partial charge in [-0.05, 0) is 24.5 Å². The second kappa shape index (κ2) is 11.5. The molecular formula is C18H30N4O. The molecule has 23 heavy (non-hydrogen) atoms. The van der Waals surface area contributed by atoms with Gasteiger partial charge in [-0.1, -0.05) is 44.9 Å². The molecular weight excluding hydrogens is 288 g/mol. The maximum Gasteiger partial charge on any atom is 0.251 e. The van der Waals surface area contributed by atoms with Crippen LogP contribution in [0.3, 0.4) is 0 Å². The lowest BCUT2D eigenvalue weighted by Crippen LogP contribution is -2.41. The van der Waals surface area contributed by atoms with Gasteiger partial charge in [0.1, 0.15) is 0 Å². The normalized spacial score (nSPS) is 11.4. The summed E-state index contributed by atoms with van der Waals surface area (Å²) in [4.78, 5) is 16.1. The van der Waals surface area contributed by atoms with Gasteiger partial charge in [0, 0.05) is 32.2 Å². The van der Waals surface area contributed by atoms with Crippen LogP contribution >= 0.6 is 0 Å². The van der Waals surface area contributed by atoms with Gasteiger partial charge in [-0.2, -0.15) is 0 Å². The second-order valence-electron chi connectivity index (χ2n) is 5.94. The molecule has 1 aromatic rings. The van der Waals surface area contributed by atoms with E-state index in [1.54, 1.807) is 19.2 Å². The highest BCUT2D eigenvalue weighted by Gasteiger charge is 2.03. The summed E-state index contributed by atoms with van der Waals surface area (Å²) < 4.78 is 0. The van der Waals surface area contributed by atoms with Crippen molar-refractivity contribution in [2.24, 2.45) is 10.9 Å². The average molecular weight is 318 g/mol. The monoisotopic (exact) mass is 318 g/mol. The molecule has 0 aliphatic heterocycles. The molecule has 0 heterocycles. The molecule has 0 saturated heterocycles. The molecule has 0 aliphatic rings. The lowest BCUT2D eigenvalue weighted by Gasteiger charge is -2.12. The summed E-state index contributed by atoms with van der Waals surface area (Å²) in [5, 5.41) is 9.37. The molecule has 0 spiro atoms. The van der Waals surface area contributed by atoms with Crippen molar-refractivity contribution in [3.63, 3.8) is 0 Å². The zero-order valence-electron chi connectivity index (χ0n) is 14.6. The Labute approximate surface area is 140 Å². The van der Waals surface area contributed by atoms with Crippen molar-refractivity contribution in [2.45, 2.75) is 33.1 Å². The third-order valence-electron chi connectivity index (χ3n) is 3.46. The van der Waals surface area contributed by atoms with Gasteiger partial charge < -0.3 is 16.0 Å². The van der Waals surface area contributed by atoms with Crippen molar-refractivity contribution in [3.05, 3.63) is 35.9 Å². The number of benzene rings is 1. The number of unbranched alkanes of at least 4 members (excludes halogenated alkanes) is 1. The molecule has 0 atom stereocenters. The van der Waals surface area contributed by atoms with Crippen molar-refractivity contribution in [3.8, 4) is 0 Å². The van der Waals surface area contributed by atoms with Gasteiger partial charge in [0.15, 0.2) is 5.96 Å². The van der Waals surface area contributed by atoms with E-state index in [0.717, 1.165) is 24.8 Å². The van der Waals surface area contributed by atoms with Crippen molar-refractivity contribution >= 4 is 11.9 Å². The zero-order chi connectivity index (χ0) is 16.9. The van der Waals surface area contributed by atoms with Crippen molar-refractivity contribution in [2.75, 3.05) is 26.7 Å². The fourth-order valence-electron chi connectivity index (χ4n) is 2.15. The Morgan fingerprint density at radius 1 is 1.00 bits per heavy atom. The van der Waals surface area contributed by atoms with E-state index in [0.29, 0.717) is 18.7 Å². The molecule has 0 aromatic heterocycles. The first-order chi connectivity index (χ1) is 11.1. The number of guanidine groups is 1. The summed E-state index contributed by atoms with van der Waals surface area (Å²) >= 11 is 0.